The Morgan fingerprint density at radius 2 is 1.59 bits per heavy atom. The van der Waals surface area contributed by atoms with Gasteiger partial charge >= 0.3 is 15.6 Å². The highest BCUT2D eigenvalue weighted by molar-refractivity contribution is 7.86. The Bertz CT molecular complexity index is 1040. The van der Waals surface area contributed by atoms with Gasteiger partial charge in [-0.1, -0.05) is 67.3 Å². The van der Waals surface area contributed by atoms with E-state index in [0.29, 0.717) is 12.1 Å². The van der Waals surface area contributed by atoms with Crippen LogP contribution in [0.1, 0.15) is 61.3 Å². The van der Waals surface area contributed by atoms with Gasteiger partial charge in [-0.25, -0.2) is 0 Å². The standard InChI is InChI=1S/C22H26N2.CHF3O3S/c1-16-11-13-17(14-12-16)21-15-22(23-18-7-3-2-4-8-18)19-9-5-6-10-20(19)24-21;2-1(3,4)8(5,6)7/h5-6,9-14,18,21,24H,2-4,7-8,15H2,1H3;(H,5,6,7). The van der Waals surface area contributed by atoms with Crippen molar-refractivity contribution in [3.63, 3.8) is 0 Å². The molecule has 2 aromatic rings. The number of aryl methyl sites for hydroxylation is 1. The lowest BCUT2D eigenvalue weighted by Gasteiger charge is -2.30. The van der Waals surface area contributed by atoms with Crippen molar-refractivity contribution in [2.75, 3.05) is 5.32 Å². The van der Waals surface area contributed by atoms with Crippen LogP contribution in [0.3, 0.4) is 0 Å². The Morgan fingerprint density at radius 3 is 2.19 bits per heavy atom. The molecule has 0 spiro atoms. The van der Waals surface area contributed by atoms with E-state index in [4.69, 9.17) is 18.0 Å². The summed E-state index contributed by atoms with van der Waals surface area (Å²) in [6.07, 6.45) is 7.55. The fraction of sp³-hybridized carbons (Fsp3) is 0.435. The van der Waals surface area contributed by atoms with E-state index in [0.717, 1.165) is 6.42 Å². The molecule has 9 heteroatoms. The van der Waals surface area contributed by atoms with Crippen molar-refractivity contribution in [2.45, 2.75) is 63.0 Å². The van der Waals surface area contributed by atoms with Crippen molar-refractivity contribution >= 4 is 21.5 Å². The summed E-state index contributed by atoms with van der Waals surface area (Å²) in [6, 6.07) is 18.4. The molecule has 1 saturated carbocycles. The average molecular weight is 469 g/mol. The van der Waals surface area contributed by atoms with Gasteiger partial charge < -0.3 is 5.32 Å². The molecule has 1 heterocycles. The minimum atomic E-state index is -5.84. The average Bonchev–Trinajstić information content (AvgIpc) is 2.74. The van der Waals surface area contributed by atoms with E-state index < -0.39 is 15.6 Å². The number of hydrogen-bond acceptors (Lipinski definition) is 4. The number of nitrogens with one attached hydrogen (secondary N) is 1. The van der Waals surface area contributed by atoms with Crippen LogP contribution in [-0.2, 0) is 10.1 Å². The molecule has 1 aliphatic heterocycles. The Labute approximate surface area is 186 Å². The summed E-state index contributed by atoms with van der Waals surface area (Å²) in [5.74, 6) is 0. The molecule has 5 nitrogen and oxygen atoms in total. The van der Waals surface area contributed by atoms with Gasteiger partial charge in [-0.05, 0) is 31.4 Å². The molecular weight excluding hydrogens is 441 g/mol. The summed E-state index contributed by atoms with van der Waals surface area (Å²) in [7, 11) is -5.84. The van der Waals surface area contributed by atoms with Gasteiger partial charge in [0, 0.05) is 23.4 Å². The van der Waals surface area contributed by atoms with Gasteiger partial charge in [0.15, 0.2) is 0 Å². The van der Waals surface area contributed by atoms with E-state index in [1.165, 1.54) is 60.2 Å². The summed E-state index contributed by atoms with van der Waals surface area (Å²) in [4.78, 5) is 5.21. The molecule has 4 rings (SSSR count). The van der Waals surface area contributed by atoms with Crippen LogP contribution in [0.2, 0.25) is 0 Å². The molecule has 1 fully saturated rings. The van der Waals surface area contributed by atoms with Crippen molar-refractivity contribution < 1.29 is 26.1 Å². The smallest absolute Gasteiger partial charge is 0.377 e. The molecule has 2 aromatic carbocycles. The van der Waals surface area contributed by atoms with Crippen molar-refractivity contribution in [1.29, 1.82) is 0 Å². The summed E-state index contributed by atoms with van der Waals surface area (Å²) < 4.78 is 57.5. The maximum atomic E-state index is 10.7. The molecule has 0 saturated heterocycles. The van der Waals surface area contributed by atoms with E-state index in [9.17, 15) is 13.2 Å². The quantitative estimate of drug-likeness (QED) is 0.414. The topological polar surface area (TPSA) is 78.8 Å². The summed E-state index contributed by atoms with van der Waals surface area (Å²) in [6.45, 7) is 2.14. The number of para-hydroxylation sites is 1. The van der Waals surface area contributed by atoms with Gasteiger partial charge in [-0.15, -0.1) is 0 Å². The normalized spacial score (nSPS) is 20.7. The molecule has 2 N–H and O–H groups in total. The van der Waals surface area contributed by atoms with E-state index in [1.807, 2.05) is 0 Å². The number of hydrogen-bond donors (Lipinski definition) is 2. The third kappa shape index (κ3) is 6.32. The van der Waals surface area contributed by atoms with Crippen LogP contribution in [-0.4, -0.2) is 30.2 Å². The third-order valence-electron chi connectivity index (χ3n) is 5.65. The lowest BCUT2D eigenvalue weighted by Crippen LogP contribution is -2.25. The maximum Gasteiger partial charge on any atom is 0.522 e. The van der Waals surface area contributed by atoms with Crippen LogP contribution in [0.4, 0.5) is 18.9 Å². The van der Waals surface area contributed by atoms with Crippen LogP contribution in [0, 0.1) is 6.92 Å². The lowest BCUT2D eigenvalue weighted by molar-refractivity contribution is -0.0510. The van der Waals surface area contributed by atoms with Crippen molar-refractivity contribution in [3.8, 4) is 0 Å². The van der Waals surface area contributed by atoms with Gasteiger partial charge in [0.25, 0.3) is 0 Å². The van der Waals surface area contributed by atoms with E-state index in [2.05, 4.69) is 60.8 Å². The third-order valence-corrected chi connectivity index (χ3v) is 6.24. The molecule has 0 aromatic heterocycles. The first-order chi connectivity index (χ1) is 15.0. The van der Waals surface area contributed by atoms with E-state index in [-0.39, 0.29) is 0 Å². The second-order valence-electron chi connectivity index (χ2n) is 8.15. The summed E-state index contributed by atoms with van der Waals surface area (Å²) in [5, 5.41) is 3.72. The molecule has 1 aliphatic carbocycles. The number of anilines is 1. The fourth-order valence-electron chi connectivity index (χ4n) is 3.96. The second kappa shape index (κ2) is 10.0. The zero-order valence-corrected chi connectivity index (χ0v) is 18.6. The number of nitrogens with zero attached hydrogens (tertiary/aromatic N) is 1. The van der Waals surface area contributed by atoms with E-state index >= 15 is 0 Å². The first-order valence-corrected chi connectivity index (χ1v) is 12.0. The molecule has 2 aliphatic rings. The highest BCUT2D eigenvalue weighted by Crippen LogP contribution is 2.34. The van der Waals surface area contributed by atoms with Crippen molar-refractivity contribution in [2.24, 2.45) is 4.99 Å². The van der Waals surface area contributed by atoms with E-state index in [1.54, 1.807) is 0 Å². The Kier molecular flexibility index (Phi) is 7.61. The highest BCUT2D eigenvalue weighted by atomic mass is 32.2. The number of rotatable bonds is 2. The number of alkyl halides is 3. The van der Waals surface area contributed by atoms with Gasteiger partial charge in [0.2, 0.25) is 0 Å². The minimum Gasteiger partial charge on any atom is -0.377 e. The Hall–Kier alpha value is -2.39. The van der Waals surface area contributed by atoms with Crippen LogP contribution in [0.15, 0.2) is 53.5 Å². The first kappa shape index (κ1) is 24.3. The van der Waals surface area contributed by atoms with Crippen molar-refractivity contribution in [3.05, 3.63) is 65.2 Å². The highest BCUT2D eigenvalue weighted by Gasteiger charge is 2.44. The Balaban J connectivity index is 0.000000312. The van der Waals surface area contributed by atoms with Gasteiger partial charge in [-0.2, -0.15) is 21.6 Å². The molecule has 0 radical (unpaired) electrons. The van der Waals surface area contributed by atoms with Gasteiger partial charge in [0.1, 0.15) is 0 Å². The number of fused-ring (bicyclic) bond motifs is 1. The van der Waals surface area contributed by atoms with Crippen LogP contribution >= 0.6 is 0 Å². The number of benzene rings is 2. The monoisotopic (exact) mass is 468 g/mol. The number of halogens is 3. The Morgan fingerprint density at radius 1 is 1.00 bits per heavy atom. The minimum absolute atomic E-state index is 0.322. The molecule has 0 amide bonds. The predicted octanol–water partition coefficient (Wildman–Crippen LogP) is 6.07. The lowest BCUT2D eigenvalue weighted by atomic mass is 9.90. The van der Waals surface area contributed by atoms with Crippen LogP contribution in [0.5, 0.6) is 0 Å². The molecule has 174 valence electrons. The molecular formula is C23H27F3N2O3S. The maximum absolute atomic E-state index is 10.7. The summed E-state index contributed by atoms with van der Waals surface area (Å²) >= 11 is 0. The fourth-order valence-corrected chi connectivity index (χ4v) is 3.96. The number of aliphatic imine (C=N–C) groups is 1. The first-order valence-electron chi connectivity index (χ1n) is 10.6. The SMILES string of the molecule is Cc1ccc(C2CC(=NC3CCCCC3)c3ccccc3N2)cc1.O=S(=O)(O)C(F)(F)F. The molecule has 0 bridgehead atoms. The predicted molar refractivity (Wildman–Crippen MR) is 120 cm³/mol. The second-order valence-corrected chi connectivity index (χ2v) is 9.56. The van der Waals surface area contributed by atoms with Crippen molar-refractivity contribution in [1.82, 2.24) is 0 Å². The largest absolute Gasteiger partial charge is 0.522 e. The summed E-state index contributed by atoms with van der Waals surface area (Å²) in [5.41, 5.74) is 0.946. The van der Waals surface area contributed by atoms with Crippen LogP contribution in [0.25, 0.3) is 0 Å². The van der Waals surface area contributed by atoms with Gasteiger partial charge in [-0.3, -0.25) is 9.55 Å². The van der Waals surface area contributed by atoms with Gasteiger partial charge in [0.05, 0.1) is 12.1 Å². The zero-order chi connectivity index (χ0) is 23.4. The molecule has 1 atom stereocenters. The molecule has 1 unspecified atom stereocenters. The van der Waals surface area contributed by atoms with Crippen LogP contribution < -0.4 is 5.32 Å². The zero-order valence-electron chi connectivity index (χ0n) is 17.8. The molecule has 32 heavy (non-hydrogen) atoms.